The highest BCUT2D eigenvalue weighted by molar-refractivity contribution is 6.32. The lowest BCUT2D eigenvalue weighted by Crippen LogP contribution is -2.18. The van der Waals surface area contributed by atoms with Gasteiger partial charge in [-0.3, -0.25) is 0 Å². The second-order valence-corrected chi connectivity index (χ2v) is 5.50. The number of fused-ring (bicyclic) bond motifs is 1. The molecule has 0 unspecified atom stereocenters. The summed E-state index contributed by atoms with van der Waals surface area (Å²) >= 11 is 6.13. The number of halogens is 1. The fourth-order valence-corrected chi connectivity index (χ4v) is 2.73. The molecule has 1 heterocycles. The number of nitrogens with two attached hydrogens (primary N) is 1. The summed E-state index contributed by atoms with van der Waals surface area (Å²) in [6, 6.07) is 15.9. The normalized spacial score (nSPS) is 10.8. The van der Waals surface area contributed by atoms with Gasteiger partial charge >= 0.3 is 0 Å². The Hall–Kier alpha value is -2.26. The molecule has 0 fully saturated rings. The van der Waals surface area contributed by atoms with Gasteiger partial charge in [0.25, 0.3) is 0 Å². The molecule has 3 rings (SSSR count). The van der Waals surface area contributed by atoms with Crippen molar-refractivity contribution in [1.29, 1.82) is 0 Å². The molecule has 0 atom stereocenters. The maximum Gasteiger partial charge on any atom is 0.136 e. The maximum atomic E-state index is 6.13. The first kappa shape index (κ1) is 13.7. The second kappa shape index (κ2) is 5.62. The molecule has 0 radical (unpaired) electrons. The van der Waals surface area contributed by atoms with E-state index in [-0.39, 0.29) is 0 Å². The first-order valence-electron chi connectivity index (χ1n) is 6.74. The molecule has 2 aromatic carbocycles. The Balaban J connectivity index is 2.04. The third kappa shape index (κ3) is 2.78. The minimum Gasteiger partial charge on any atom is -0.398 e. The highest BCUT2D eigenvalue weighted by atomic mass is 35.5. The lowest BCUT2D eigenvalue weighted by molar-refractivity contribution is 0.905. The van der Waals surface area contributed by atoms with Crippen molar-refractivity contribution in [3.05, 3.63) is 65.3 Å². The van der Waals surface area contributed by atoms with Gasteiger partial charge in [0.1, 0.15) is 5.82 Å². The van der Waals surface area contributed by atoms with E-state index in [1.54, 1.807) is 12.3 Å². The Kier molecular flexibility index (Phi) is 3.67. The molecule has 0 saturated carbocycles. The van der Waals surface area contributed by atoms with Crippen molar-refractivity contribution < 1.29 is 0 Å². The third-order valence-electron chi connectivity index (χ3n) is 3.48. The molecule has 2 N–H and O–H groups in total. The van der Waals surface area contributed by atoms with E-state index in [0.29, 0.717) is 10.7 Å². The number of nitrogen functional groups attached to an aromatic ring is 1. The van der Waals surface area contributed by atoms with E-state index >= 15 is 0 Å². The van der Waals surface area contributed by atoms with Crippen LogP contribution in [0.15, 0.2) is 54.7 Å². The lowest BCUT2D eigenvalue weighted by atomic mass is 10.1. The number of hydrogen-bond acceptors (Lipinski definition) is 3. The smallest absolute Gasteiger partial charge is 0.136 e. The van der Waals surface area contributed by atoms with Gasteiger partial charge in [-0.15, -0.1) is 0 Å². The number of rotatable bonds is 3. The molecule has 3 nitrogen and oxygen atoms in total. The van der Waals surface area contributed by atoms with E-state index in [0.717, 1.165) is 23.1 Å². The molecule has 0 saturated heterocycles. The molecule has 1 aromatic heterocycles. The average Bonchev–Trinajstić information content (AvgIpc) is 2.47. The molecule has 0 spiro atoms. The molecule has 0 bridgehead atoms. The highest BCUT2D eigenvalue weighted by Gasteiger charge is 2.10. The summed E-state index contributed by atoms with van der Waals surface area (Å²) in [5.74, 6) is 0.880. The molecule has 0 aliphatic carbocycles. The van der Waals surface area contributed by atoms with Crippen molar-refractivity contribution in [3.63, 3.8) is 0 Å². The summed E-state index contributed by atoms with van der Waals surface area (Å²) in [7, 11) is 2.02. The van der Waals surface area contributed by atoms with E-state index in [2.05, 4.69) is 22.0 Å². The number of anilines is 2. The summed E-state index contributed by atoms with van der Waals surface area (Å²) in [5, 5.41) is 2.58. The predicted molar refractivity (Wildman–Crippen MR) is 89.7 cm³/mol. The molecule has 4 heteroatoms. The number of pyridine rings is 1. The minimum absolute atomic E-state index is 0.627. The van der Waals surface area contributed by atoms with Gasteiger partial charge in [-0.1, -0.05) is 41.9 Å². The van der Waals surface area contributed by atoms with Gasteiger partial charge in [-0.2, -0.15) is 0 Å². The van der Waals surface area contributed by atoms with Gasteiger partial charge in [0.15, 0.2) is 0 Å². The molecule has 21 heavy (non-hydrogen) atoms. The molecule has 0 aliphatic heterocycles. The van der Waals surface area contributed by atoms with Crippen LogP contribution in [0.4, 0.5) is 11.5 Å². The third-order valence-corrected chi connectivity index (χ3v) is 3.70. The molecule has 0 amide bonds. The van der Waals surface area contributed by atoms with Crippen LogP contribution >= 0.6 is 11.6 Å². The van der Waals surface area contributed by atoms with Gasteiger partial charge < -0.3 is 10.6 Å². The average molecular weight is 298 g/mol. The standard InChI is InChI=1S/C17H16ClN3/c1-21(11-12-5-3-2-4-6-12)17-15-9-13(18)10-16(19)14(15)7-8-20-17/h2-10H,11,19H2,1H3. The number of benzene rings is 2. The van der Waals surface area contributed by atoms with Crippen LogP contribution in [-0.4, -0.2) is 12.0 Å². The molecular weight excluding hydrogens is 282 g/mol. The fourth-order valence-electron chi connectivity index (χ4n) is 2.50. The van der Waals surface area contributed by atoms with Crippen molar-refractivity contribution in [1.82, 2.24) is 4.98 Å². The Labute approximate surface area is 129 Å². The van der Waals surface area contributed by atoms with Gasteiger partial charge in [-0.05, 0) is 23.8 Å². The van der Waals surface area contributed by atoms with Gasteiger partial charge in [0, 0.05) is 41.3 Å². The van der Waals surface area contributed by atoms with Crippen LogP contribution in [0.1, 0.15) is 5.56 Å². The quantitative estimate of drug-likeness (QED) is 0.740. The summed E-state index contributed by atoms with van der Waals surface area (Å²) in [6.07, 6.45) is 1.78. The summed E-state index contributed by atoms with van der Waals surface area (Å²) in [4.78, 5) is 6.60. The molecule has 106 valence electrons. The van der Waals surface area contributed by atoms with Gasteiger partial charge in [0.05, 0.1) is 0 Å². The Morgan fingerprint density at radius 2 is 1.86 bits per heavy atom. The maximum absolute atomic E-state index is 6.13. The zero-order valence-corrected chi connectivity index (χ0v) is 12.5. The van der Waals surface area contributed by atoms with Crippen LogP contribution < -0.4 is 10.6 Å². The van der Waals surface area contributed by atoms with E-state index in [1.165, 1.54) is 5.56 Å². The molecule has 3 aromatic rings. The van der Waals surface area contributed by atoms with Crippen molar-refractivity contribution in [2.75, 3.05) is 17.7 Å². The van der Waals surface area contributed by atoms with Crippen LogP contribution in [-0.2, 0) is 6.54 Å². The molecule has 0 aliphatic rings. The predicted octanol–water partition coefficient (Wildman–Crippen LogP) is 4.11. The van der Waals surface area contributed by atoms with Gasteiger partial charge in [-0.25, -0.2) is 4.98 Å². The van der Waals surface area contributed by atoms with Crippen molar-refractivity contribution in [2.45, 2.75) is 6.54 Å². The van der Waals surface area contributed by atoms with E-state index in [4.69, 9.17) is 17.3 Å². The van der Waals surface area contributed by atoms with E-state index in [9.17, 15) is 0 Å². The highest BCUT2D eigenvalue weighted by Crippen LogP contribution is 2.31. The Morgan fingerprint density at radius 3 is 2.62 bits per heavy atom. The number of nitrogens with zero attached hydrogens (tertiary/aromatic N) is 2. The van der Waals surface area contributed by atoms with Crippen molar-refractivity contribution in [2.24, 2.45) is 0 Å². The van der Waals surface area contributed by atoms with E-state index < -0.39 is 0 Å². The van der Waals surface area contributed by atoms with E-state index in [1.807, 2.05) is 37.4 Å². The summed E-state index contributed by atoms with van der Waals surface area (Å²) in [5.41, 5.74) is 7.95. The topological polar surface area (TPSA) is 42.2 Å². The van der Waals surface area contributed by atoms with Crippen LogP contribution in [0.2, 0.25) is 5.02 Å². The fraction of sp³-hybridized carbons (Fsp3) is 0.118. The van der Waals surface area contributed by atoms with Crippen molar-refractivity contribution >= 4 is 33.9 Å². The zero-order valence-electron chi connectivity index (χ0n) is 11.8. The zero-order chi connectivity index (χ0) is 14.8. The monoisotopic (exact) mass is 297 g/mol. The van der Waals surface area contributed by atoms with Crippen LogP contribution in [0.3, 0.4) is 0 Å². The SMILES string of the molecule is CN(Cc1ccccc1)c1nccc2c(N)cc(Cl)cc12. The Bertz CT molecular complexity index is 772. The first-order valence-corrected chi connectivity index (χ1v) is 7.12. The van der Waals surface area contributed by atoms with Crippen LogP contribution in [0, 0.1) is 0 Å². The summed E-state index contributed by atoms with van der Waals surface area (Å²) in [6.45, 7) is 0.777. The first-order chi connectivity index (χ1) is 10.1. The largest absolute Gasteiger partial charge is 0.398 e. The summed E-state index contributed by atoms with van der Waals surface area (Å²) < 4.78 is 0. The Morgan fingerprint density at radius 1 is 1.10 bits per heavy atom. The van der Waals surface area contributed by atoms with Crippen LogP contribution in [0.25, 0.3) is 10.8 Å². The minimum atomic E-state index is 0.627. The number of aromatic nitrogens is 1. The molecular formula is C17H16ClN3. The van der Waals surface area contributed by atoms with Crippen LogP contribution in [0.5, 0.6) is 0 Å². The lowest BCUT2D eigenvalue weighted by Gasteiger charge is -2.20. The van der Waals surface area contributed by atoms with Crippen molar-refractivity contribution in [3.8, 4) is 0 Å². The number of hydrogen-bond donors (Lipinski definition) is 1. The van der Waals surface area contributed by atoms with Gasteiger partial charge in [0.2, 0.25) is 0 Å². The second-order valence-electron chi connectivity index (χ2n) is 5.07.